The molecule has 1 aromatic carbocycles. The first-order valence-corrected chi connectivity index (χ1v) is 8.93. The Morgan fingerprint density at radius 2 is 1.70 bits per heavy atom. The van der Waals surface area contributed by atoms with Crippen molar-refractivity contribution in [3.63, 3.8) is 0 Å². The second-order valence-corrected chi connectivity index (χ2v) is 7.98. The largest absolute Gasteiger partial charge is 0.386 e. The first kappa shape index (κ1) is 15.0. The molecule has 0 unspecified atom stereocenters. The summed E-state index contributed by atoms with van der Waals surface area (Å²) in [6, 6.07) is 9.65. The molecule has 1 aromatic rings. The van der Waals surface area contributed by atoms with Gasteiger partial charge < -0.3 is 16.2 Å². The van der Waals surface area contributed by atoms with Gasteiger partial charge in [-0.25, -0.2) is 0 Å². The van der Waals surface area contributed by atoms with E-state index in [0.29, 0.717) is 12.5 Å². The van der Waals surface area contributed by atoms with E-state index in [1.807, 2.05) is 30.3 Å². The summed E-state index contributed by atoms with van der Waals surface area (Å²) < 4.78 is 0. The summed E-state index contributed by atoms with van der Waals surface area (Å²) in [5.41, 5.74) is 7.22. The third kappa shape index (κ3) is 3.09. The Labute approximate surface area is 138 Å². The SMILES string of the molecule is NC(=NC[C@H](O)c1ccccc1)NC12CC3CC(CC(C3)C1)C2. The fraction of sp³-hybridized carbons (Fsp3) is 0.632. The Morgan fingerprint density at radius 1 is 1.13 bits per heavy atom. The highest BCUT2D eigenvalue weighted by molar-refractivity contribution is 5.78. The third-order valence-corrected chi connectivity index (χ3v) is 6.05. The van der Waals surface area contributed by atoms with Crippen molar-refractivity contribution in [1.29, 1.82) is 0 Å². The number of nitrogens with one attached hydrogen (secondary N) is 1. The summed E-state index contributed by atoms with van der Waals surface area (Å²) in [7, 11) is 0. The molecule has 0 aromatic heterocycles. The van der Waals surface area contributed by atoms with E-state index in [2.05, 4.69) is 10.3 Å². The van der Waals surface area contributed by atoms with Crippen molar-refractivity contribution in [1.82, 2.24) is 5.32 Å². The lowest BCUT2D eigenvalue weighted by atomic mass is 9.53. The van der Waals surface area contributed by atoms with E-state index in [-0.39, 0.29) is 5.54 Å². The van der Waals surface area contributed by atoms with Crippen molar-refractivity contribution in [2.24, 2.45) is 28.5 Å². The fourth-order valence-electron chi connectivity index (χ4n) is 5.54. The summed E-state index contributed by atoms with van der Waals surface area (Å²) in [6.07, 6.45) is 7.41. The zero-order chi connectivity index (χ0) is 15.9. The van der Waals surface area contributed by atoms with Gasteiger partial charge in [0, 0.05) is 5.54 Å². The molecular weight excluding hydrogens is 286 g/mol. The Balaban J connectivity index is 1.39. The van der Waals surface area contributed by atoms with Gasteiger partial charge in [0.15, 0.2) is 5.96 Å². The highest BCUT2D eigenvalue weighted by atomic mass is 16.3. The predicted octanol–water partition coefficient (Wildman–Crippen LogP) is 2.59. The first-order chi connectivity index (χ1) is 11.1. The molecule has 0 saturated heterocycles. The maximum absolute atomic E-state index is 10.2. The van der Waals surface area contributed by atoms with Crippen molar-refractivity contribution in [3.05, 3.63) is 35.9 Å². The van der Waals surface area contributed by atoms with Gasteiger partial charge in [0.05, 0.1) is 12.6 Å². The van der Waals surface area contributed by atoms with Crippen LogP contribution in [0.3, 0.4) is 0 Å². The van der Waals surface area contributed by atoms with Crippen molar-refractivity contribution < 1.29 is 5.11 Å². The number of aliphatic imine (C=N–C) groups is 1. The summed E-state index contributed by atoms with van der Waals surface area (Å²) in [4.78, 5) is 4.41. The van der Waals surface area contributed by atoms with Crippen LogP contribution in [0.2, 0.25) is 0 Å². The van der Waals surface area contributed by atoms with Crippen LogP contribution in [0.1, 0.15) is 50.2 Å². The van der Waals surface area contributed by atoms with Crippen LogP contribution in [-0.2, 0) is 0 Å². The number of nitrogens with two attached hydrogens (primary N) is 1. The van der Waals surface area contributed by atoms with Crippen LogP contribution in [0.5, 0.6) is 0 Å². The minimum absolute atomic E-state index is 0.181. The average Bonchev–Trinajstić information content (AvgIpc) is 2.51. The maximum Gasteiger partial charge on any atom is 0.189 e. The number of nitrogens with zero attached hydrogens (tertiary/aromatic N) is 1. The Morgan fingerprint density at radius 3 is 2.26 bits per heavy atom. The van der Waals surface area contributed by atoms with Gasteiger partial charge in [-0.15, -0.1) is 0 Å². The van der Waals surface area contributed by atoms with Crippen LogP contribution in [0.15, 0.2) is 35.3 Å². The van der Waals surface area contributed by atoms with Crippen molar-refractivity contribution in [2.75, 3.05) is 6.54 Å². The molecule has 0 heterocycles. The van der Waals surface area contributed by atoms with Crippen LogP contribution in [0.4, 0.5) is 0 Å². The Hall–Kier alpha value is -1.55. The standard InChI is InChI=1S/C19H27N3O/c20-18(21-12-17(23)16-4-2-1-3-5-16)22-19-9-13-6-14(10-19)8-15(7-13)11-19/h1-5,13-15,17,23H,6-12H2,(H3,20,21,22)/t13?,14?,15?,17-,19?/m0/s1. The van der Waals surface area contributed by atoms with Gasteiger partial charge in [-0.05, 0) is 61.8 Å². The minimum atomic E-state index is -0.590. The summed E-state index contributed by atoms with van der Waals surface area (Å²) in [6.45, 7) is 0.315. The molecule has 23 heavy (non-hydrogen) atoms. The molecule has 5 rings (SSSR count). The van der Waals surface area contributed by atoms with E-state index < -0.39 is 6.10 Å². The molecule has 4 fully saturated rings. The number of hydrogen-bond donors (Lipinski definition) is 3. The van der Waals surface area contributed by atoms with Crippen LogP contribution < -0.4 is 11.1 Å². The van der Waals surface area contributed by atoms with E-state index in [1.165, 1.54) is 38.5 Å². The molecule has 4 nitrogen and oxygen atoms in total. The van der Waals surface area contributed by atoms with Gasteiger partial charge >= 0.3 is 0 Å². The molecule has 4 N–H and O–H groups in total. The molecule has 0 aliphatic heterocycles. The number of hydrogen-bond acceptors (Lipinski definition) is 2. The normalized spacial score (nSPS) is 36.9. The van der Waals surface area contributed by atoms with E-state index in [0.717, 1.165) is 23.3 Å². The zero-order valence-electron chi connectivity index (χ0n) is 13.6. The molecule has 0 amide bonds. The highest BCUT2D eigenvalue weighted by Crippen LogP contribution is 2.55. The van der Waals surface area contributed by atoms with Crippen molar-refractivity contribution >= 4 is 5.96 Å². The predicted molar refractivity (Wildman–Crippen MR) is 91.9 cm³/mol. The van der Waals surface area contributed by atoms with Crippen LogP contribution in [-0.4, -0.2) is 23.1 Å². The monoisotopic (exact) mass is 313 g/mol. The highest BCUT2D eigenvalue weighted by Gasteiger charge is 2.51. The zero-order valence-corrected chi connectivity index (χ0v) is 13.6. The number of guanidine groups is 1. The molecule has 0 radical (unpaired) electrons. The third-order valence-electron chi connectivity index (χ3n) is 6.05. The molecule has 4 saturated carbocycles. The average molecular weight is 313 g/mol. The van der Waals surface area contributed by atoms with Crippen LogP contribution >= 0.6 is 0 Å². The Kier molecular flexibility index (Phi) is 3.80. The second-order valence-electron chi connectivity index (χ2n) is 7.98. The quantitative estimate of drug-likeness (QED) is 0.591. The number of aliphatic hydroxyl groups excluding tert-OH is 1. The fourth-order valence-corrected chi connectivity index (χ4v) is 5.54. The van der Waals surface area contributed by atoms with Gasteiger partial charge in [-0.3, -0.25) is 4.99 Å². The van der Waals surface area contributed by atoms with Crippen LogP contribution in [0.25, 0.3) is 0 Å². The molecular formula is C19H27N3O. The summed E-state index contributed by atoms with van der Waals surface area (Å²) in [5, 5.41) is 13.8. The van der Waals surface area contributed by atoms with Gasteiger partial charge in [0.1, 0.15) is 0 Å². The van der Waals surface area contributed by atoms with Gasteiger partial charge in [-0.1, -0.05) is 30.3 Å². The lowest BCUT2D eigenvalue weighted by Crippen LogP contribution is -2.61. The summed E-state index contributed by atoms with van der Waals surface area (Å²) >= 11 is 0. The van der Waals surface area contributed by atoms with E-state index in [9.17, 15) is 5.11 Å². The molecule has 0 spiro atoms. The van der Waals surface area contributed by atoms with E-state index in [1.54, 1.807) is 0 Å². The van der Waals surface area contributed by atoms with Crippen molar-refractivity contribution in [2.45, 2.75) is 50.2 Å². The van der Waals surface area contributed by atoms with Crippen molar-refractivity contribution in [3.8, 4) is 0 Å². The smallest absolute Gasteiger partial charge is 0.189 e. The molecule has 124 valence electrons. The minimum Gasteiger partial charge on any atom is -0.386 e. The maximum atomic E-state index is 10.2. The topological polar surface area (TPSA) is 70.6 Å². The molecule has 1 atom stereocenters. The van der Waals surface area contributed by atoms with E-state index in [4.69, 9.17) is 5.73 Å². The lowest BCUT2D eigenvalue weighted by Gasteiger charge is -2.57. The van der Waals surface area contributed by atoms with Gasteiger partial charge in [0.2, 0.25) is 0 Å². The Bertz CT molecular complexity index is 548. The summed E-state index contributed by atoms with van der Waals surface area (Å²) in [5.74, 6) is 3.16. The van der Waals surface area contributed by atoms with E-state index >= 15 is 0 Å². The first-order valence-electron chi connectivity index (χ1n) is 8.93. The molecule has 4 heteroatoms. The number of benzene rings is 1. The van der Waals surface area contributed by atoms with Gasteiger partial charge in [0.25, 0.3) is 0 Å². The number of rotatable bonds is 4. The molecule has 4 bridgehead atoms. The second kappa shape index (κ2) is 5.82. The molecule has 4 aliphatic rings. The molecule has 4 aliphatic carbocycles. The lowest BCUT2D eigenvalue weighted by molar-refractivity contribution is -0.0103. The number of aliphatic hydroxyl groups is 1. The van der Waals surface area contributed by atoms with Gasteiger partial charge in [-0.2, -0.15) is 0 Å². The van der Waals surface area contributed by atoms with Crippen LogP contribution in [0, 0.1) is 17.8 Å².